The lowest BCUT2D eigenvalue weighted by atomic mass is 9.99. The second-order valence-electron chi connectivity index (χ2n) is 4.26. The minimum Gasteiger partial charge on any atom is -0.386 e. The number of aliphatic hydroxyl groups is 2. The molecular weight excluding hydrogens is 194 g/mol. The first-order chi connectivity index (χ1) is 7.00. The minimum absolute atomic E-state index is 0.247. The molecule has 82 valence electrons. The maximum absolute atomic E-state index is 11.3. The first-order valence-electron chi connectivity index (χ1n) is 5.11. The normalized spacial score (nSPS) is 30.5. The number of rotatable bonds is 1. The highest BCUT2D eigenvalue weighted by Gasteiger charge is 2.35. The van der Waals surface area contributed by atoms with Crippen molar-refractivity contribution in [2.75, 3.05) is 6.54 Å². The van der Waals surface area contributed by atoms with Crippen molar-refractivity contribution in [2.45, 2.75) is 32.1 Å². The number of carbonyl (C=O) groups is 1. The number of hydrogen-bond acceptors (Lipinski definition) is 4. The molecule has 0 saturated carbocycles. The minimum atomic E-state index is -1.06. The Balaban J connectivity index is 2.38. The quantitative estimate of drug-likeness (QED) is 0.629. The van der Waals surface area contributed by atoms with Crippen LogP contribution in [0.5, 0.6) is 0 Å². The third kappa shape index (κ3) is 1.60. The summed E-state index contributed by atoms with van der Waals surface area (Å²) in [6, 6.07) is 0.247. The van der Waals surface area contributed by atoms with Gasteiger partial charge in [-0.3, -0.25) is 4.79 Å². The molecule has 0 bridgehead atoms. The lowest BCUT2D eigenvalue weighted by molar-refractivity contribution is -0.120. The van der Waals surface area contributed by atoms with E-state index in [1.165, 1.54) is 12.2 Å². The standard InChI is InChI=1S/C11H15NO3/c1-6(2)12-5-11(15)7-3-9(13)10(14)4-8(7)12/h3-4,6,10-11,14-15H,5H2,1-2H3/t10-,11+/m0/s1. The first kappa shape index (κ1) is 10.4. The predicted molar refractivity (Wildman–Crippen MR) is 55.0 cm³/mol. The Bertz CT molecular complexity index is 357. The molecule has 0 aromatic heterocycles. The van der Waals surface area contributed by atoms with Crippen LogP contribution < -0.4 is 0 Å². The zero-order valence-corrected chi connectivity index (χ0v) is 8.84. The van der Waals surface area contributed by atoms with Crippen LogP contribution in [0.15, 0.2) is 23.4 Å². The van der Waals surface area contributed by atoms with E-state index in [4.69, 9.17) is 0 Å². The van der Waals surface area contributed by atoms with Crippen LogP contribution in [0.3, 0.4) is 0 Å². The molecule has 0 unspecified atom stereocenters. The molecule has 0 aromatic carbocycles. The van der Waals surface area contributed by atoms with Gasteiger partial charge in [0, 0.05) is 23.9 Å². The van der Waals surface area contributed by atoms with Gasteiger partial charge in [0.1, 0.15) is 6.10 Å². The van der Waals surface area contributed by atoms with E-state index in [2.05, 4.69) is 0 Å². The van der Waals surface area contributed by atoms with Crippen LogP contribution in [0, 0.1) is 0 Å². The van der Waals surface area contributed by atoms with E-state index < -0.39 is 12.2 Å². The number of β-amino-alcohol motifs (C(OH)–C–C–N with tert-alkyl or cyclic N) is 1. The topological polar surface area (TPSA) is 60.8 Å². The van der Waals surface area contributed by atoms with E-state index in [1.54, 1.807) is 0 Å². The summed E-state index contributed by atoms with van der Waals surface area (Å²) in [5.41, 5.74) is 1.43. The smallest absolute Gasteiger partial charge is 0.188 e. The molecule has 1 fully saturated rings. The molecule has 2 atom stereocenters. The van der Waals surface area contributed by atoms with Crippen LogP contribution in [0.2, 0.25) is 0 Å². The second-order valence-corrected chi connectivity index (χ2v) is 4.26. The summed E-state index contributed by atoms with van der Waals surface area (Å²) in [5.74, 6) is -0.349. The zero-order chi connectivity index (χ0) is 11.2. The molecule has 0 aromatic rings. The molecule has 15 heavy (non-hydrogen) atoms. The number of likely N-dealkylation sites (tertiary alicyclic amines) is 1. The number of hydrogen-bond donors (Lipinski definition) is 2. The fourth-order valence-corrected chi connectivity index (χ4v) is 2.04. The average molecular weight is 209 g/mol. The first-order valence-corrected chi connectivity index (χ1v) is 5.11. The molecule has 1 aliphatic heterocycles. The van der Waals surface area contributed by atoms with Gasteiger partial charge in [-0.15, -0.1) is 0 Å². The SMILES string of the molecule is CC(C)N1C[C@@H](O)C2=CC(=O)[C@@H](O)C=C21. The van der Waals surface area contributed by atoms with Crippen molar-refractivity contribution < 1.29 is 15.0 Å². The molecule has 2 N–H and O–H groups in total. The zero-order valence-electron chi connectivity index (χ0n) is 8.84. The predicted octanol–water partition coefficient (Wildman–Crippen LogP) is -0.175. The average Bonchev–Trinajstić information content (AvgIpc) is 2.45. The van der Waals surface area contributed by atoms with Gasteiger partial charge in [-0.25, -0.2) is 0 Å². The van der Waals surface area contributed by atoms with Crippen LogP contribution >= 0.6 is 0 Å². The van der Waals surface area contributed by atoms with Gasteiger partial charge in [0.05, 0.1) is 6.10 Å². The third-order valence-electron chi connectivity index (χ3n) is 2.86. The second kappa shape index (κ2) is 3.47. The van der Waals surface area contributed by atoms with Crippen molar-refractivity contribution in [3.05, 3.63) is 23.4 Å². The highest BCUT2D eigenvalue weighted by Crippen LogP contribution is 2.32. The summed E-state index contributed by atoms with van der Waals surface area (Å²) in [5, 5.41) is 19.2. The van der Waals surface area contributed by atoms with Crippen molar-refractivity contribution in [3.63, 3.8) is 0 Å². The Kier molecular flexibility index (Phi) is 2.40. The molecule has 1 aliphatic carbocycles. The summed E-state index contributed by atoms with van der Waals surface area (Å²) < 4.78 is 0. The fraction of sp³-hybridized carbons (Fsp3) is 0.545. The lowest BCUT2D eigenvalue weighted by Crippen LogP contribution is -2.30. The number of fused-ring (bicyclic) bond motifs is 1. The van der Waals surface area contributed by atoms with Crippen molar-refractivity contribution in [1.29, 1.82) is 0 Å². The van der Waals surface area contributed by atoms with Crippen LogP contribution in [0.4, 0.5) is 0 Å². The summed E-state index contributed by atoms with van der Waals surface area (Å²) in [4.78, 5) is 13.3. The summed E-state index contributed by atoms with van der Waals surface area (Å²) in [7, 11) is 0. The van der Waals surface area contributed by atoms with Gasteiger partial charge in [-0.1, -0.05) is 0 Å². The van der Waals surface area contributed by atoms with E-state index in [0.717, 1.165) is 5.70 Å². The fourth-order valence-electron chi connectivity index (χ4n) is 2.04. The van der Waals surface area contributed by atoms with Gasteiger partial charge < -0.3 is 15.1 Å². The monoisotopic (exact) mass is 209 g/mol. The van der Waals surface area contributed by atoms with Crippen molar-refractivity contribution >= 4 is 5.78 Å². The molecule has 1 heterocycles. The Hall–Kier alpha value is -1.13. The van der Waals surface area contributed by atoms with Crippen LogP contribution in [0.25, 0.3) is 0 Å². The van der Waals surface area contributed by atoms with Gasteiger partial charge in [-0.2, -0.15) is 0 Å². The summed E-state index contributed by atoms with van der Waals surface area (Å²) in [6.07, 6.45) is 1.20. The van der Waals surface area contributed by atoms with E-state index in [-0.39, 0.29) is 11.8 Å². The maximum Gasteiger partial charge on any atom is 0.188 e. The molecular formula is C11H15NO3. The Morgan fingerprint density at radius 3 is 2.73 bits per heavy atom. The Morgan fingerprint density at radius 1 is 1.47 bits per heavy atom. The van der Waals surface area contributed by atoms with Crippen LogP contribution in [-0.4, -0.2) is 45.7 Å². The van der Waals surface area contributed by atoms with Crippen LogP contribution in [-0.2, 0) is 4.79 Å². The van der Waals surface area contributed by atoms with Gasteiger partial charge in [0.2, 0.25) is 0 Å². The van der Waals surface area contributed by atoms with Gasteiger partial charge in [0.15, 0.2) is 5.78 Å². The third-order valence-corrected chi connectivity index (χ3v) is 2.86. The van der Waals surface area contributed by atoms with Crippen LogP contribution in [0.1, 0.15) is 13.8 Å². The molecule has 0 radical (unpaired) electrons. The largest absolute Gasteiger partial charge is 0.386 e. The molecule has 2 aliphatic rings. The summed E-state index contributed by atoms with van der Waals surface area (Å²) >= 11 is 0. The van der Waals surface area contributed by atoms with Gasteiger partial charge >= 0.3 is 0 Å². The molecule has 2 rings (SSSR count). The van der Waals surface area contributed by atoms with Crippen molar-refractivity contribution in [1.82, 2.24) is 4.90 Å². The number of aliphatic hydroxyl groups excluding tert-OH is 2. The Labute approximate surface area is 88.5 Å². The Morgan fingerprint density at radius 2 is 2.13 bits per heavy atom. The number of carbonyl (C=O) groups excluding carboxylic acids is 1. The summed E-state index contributed by atoms with van der Waals surface area (Å²) in [6.45, 7) is 4.52. The van der Waals surface area contributed by atoms with Gasteiger partial charge in [-0.05, 0) is 26.0 Å². The van der Waals surface area contributed by atoms with Crippen molar-refractivity contribution in [3.8, 4) is 0 Å². The van der Waals surface area contributed by atoms with E-state index in [1.807, 2.05) is 18.7 Å². The number of ketones is 1. The number of nitrogens with zero attached hydrogens (tertiary/aromatic N) is 1. The molecule has 4 nitrogen and oxygen atoms in total. The van der Waals surface area contributed by atoms with E-state index >= 15 is 0 Å². The highest BCUT2D eigenvalue weighted by molar-refractivity contribution is 5.98. The molecule has 1 saturated heterocycles. The van der Waals surface area contributed by atoms with E-state index in [0.29, 0.717) is 12.1 Å². The van der Waals surface area contributed by atoms with Gasteiger partial charge in [0.25, 0.3) is 0 Å². The molecule has 4 heteroatoms. The maximum atomic E-state index is 11.3. The van der Waals surface area contributed by atoms with Crippen molar-refractivity contribution in [2.24, 2.45) is 0 Å². The molecule has 0 amide bonds. The molecule has 0 spiro atoms. The highest BCUT2D eigenvalue weighted by atomic mass is 16.3. The lowest BCUT2D eigenvalue weighted by Gasteiger charge is -2.26. The van der Waals surface area contributed by atoms with E-state index in [9.17, 15) is 15.0 Å².